The summed E-state index contributed by atoms with van der Waals surface area (Å²) in [6.45, 7) is 15.6. The number of nitrogens with zero attached hydrogens (tertiary/aromatic N) is 7. The van der Waals surface area contributed by atoms with Gasteiger partial charge in [-0.25, -0.2) is 15.1 Å². The fourth-order valence-corrected chi connectivity index (χ4v) is 7.63. The number of ether oxygens (including phenoxy) is 1. The zero-order chi connectivity index (χ0) is 29.9. The van der Waals surface area contributed by atoms with Crippen molar-refractivity contribution in [1.29, 1.82) is 0 Å². The molecule has 2 aliphatic rings. The van der Waals surface area contributed by atoms with Crippen LogP contribution in [0.25, 0.3) is 16.6 Å². The van der Waals surface area contributed by atoms with Crippen LogP contribution in [-0.2, 0) is 11.5 Å². The Hall–Kier alpha value is -2.44. The minimum atomic E-state index is -1.15. The maximum Gasteiger partial charge on any atom is 0.211 e. The summed E-state index contributed by atoms with van der Waals surface area (Å²) in [7, 11) is 3.10. The Kier molecular flexibility index (Phi) is 9.63. The molecule has 1 saturated carbocycles. The summed E-state index contributed by atoms with van der Waals surface area (Å²) in [5, 5.41) is 8.34. The van der Waals surface area contributed by atoms with Crippen molar-refractivity contribution in [3.8, 4) is 0 Å². The zero-order valence-corrected chi connectivity index (χ0v) is 28.3. The monoisotopic (exact) mass is 608 g/mol. The van der Waals surface area contributed by atoms with Crippen molar-refractivity contribution in [3.63, 3.8) is 0 Å². The second-order valence-corrected chi connectivity index (χ2v) is 20.7. The van der Waals surface area contributed by atoms with Gasteiger partial charge in [0.1, 0.15) is 11.7 Å². The quantitative estimate of drug-likeness (QED) is 0.204. The largest absolute Gasteiger partial charge is 0.359 e. The molecule has 1 fully saturated rings. The van der Waals surface area contributed by atoms with Crippen LogP contribution in [-0.4, -0.2) is 78.1 Å². The zero-order valence-electron chi connectivity index (χ0n) is 26.5. The summed E-state index contributed by atoms with van der Waals surface area (Å²) in [5.74, 6) is 1.20. The molecule has 0 radical (unpaired) electrons. The van der Waals surface area contributed by atoms with E-state index in [0.29, 0.717) is 18.5 Å². The van der Waals surface area contributed by atoms with Crippen molar-refractivity contribution in [2.45, 2.75) is 77.9 Å². The summed E-state index contributed by atoms with van der Waals surface area (Å²) >= 11 is 1.68. The lowest BCUT2D eigenvalue weighted by atomic mass is 9.93. The summed E-state index contributed by atoms with van der Waals surface area (Å²) in [4.78, 5) is 17.7. The van der Waals surface area contributed by atoms with Crippen LogP contribution in [0.15, 0.2) is 35.6 Å². The third kappa shape index (κ3) is 8.34. The first-order valence-corrected chi connectivity index (χ1v) is 19.8. The molecule has 3 aromatic rings. The number of hydrazine groups is 1. The van der Waals surface area contributed by atoms with Gasteiger partial charge in [-0.05, 0) is 62.2 Å². The van der Waals surface area contributed by atoms with Crippen molar-refractivity contribution < 1.29 is 4.74 Å². The summed E-state index contributed by atoms with van der Waals surface area (Å²) in [6.07, 6.45) is 9.14. The smallest absolute Gasteiger partial charge is 0.211 e. The van der Waals surface area contributed by atoms with Gasteiger partial charge in [0.05, 0.1) is 11.0 Å². The number of hydrogen-bond acceptors (Lipinski definition) is 9. The fraction of sp³-hybridized carbons (Fsp3) is 0.613. The van der Waals surface area contributed by atoms with Crippen molar-refractivity contribution in [2.24, 2.45) is 10.4 Å². The van der Waals surface area contributed by atoms with Crippen molar-refractivity contribution >= 4 is 41.8 Å². The molecule has 0 unspecified atom stereocenters. The van der Waals surface area contributed by atoms with Crippen LogP contribution in [0.1, 0.15) is 56.0 Å². The molecule has 0 bridgehead atoms. The normalized spacial score (nSPS) is 17.3. The molecular weight excluding hydrogens is 561 g/mol. The number of fused-ring (bicyclic) bond motifs is 1. The van der Waals surface area contributed by atoms with Crippen LogP contribution in [0.2, 0.25) is 25.7 Å². The lowest BCUT2D eigenvalue weighted by Crippen LogP contribution is -2.41. The minimum absolute atomic E-state index is 0.159. The molecule has 0 saturated heterocycles. The van der Waals surface area contributed by atoms with Gasteiger partial charge < -0.3 is 14.6 Å². The molecule has 228 valence electrons. The second-order valence-electron chi connectivity index (χ2n) is 14.1. The Morgan fingerprint density at radius 2 is 1.95 bits per heavy atom. The van der Waals surface area contributed by atoms with E-state index >= 15 is 0 Å². The van der Waals surface area contributed by atoms with Gasteiger partial charge in [0, 0.05) is 58.2 Å². The Balaban J connectivity index is 1.37. The summed E-state index contributed by atoms with van der Waals surface area (Å²) < 4.78 is 8.02. The first kappa shape index (κ1) is 31.0. The molecule has 0 aromatic carbocycles. The maximum atomic E-state index is 6.08. The van der Waals surface area contributed by atoms with E-state index in [0.717, 1.165) is 53.7 Å². The van der Waals surface area contributed by atoms with Gasteiger partial charge in [-0.2, -0.15) is 10.1 Å². The molecule has 3 aromatic heterocycles. The van der Waals surface area contributed by atoms with Gasteiger partial charge in [-0.3, -0.25) is 4.98 Å². The van der Waals surface area contributed by atoms with E-state index in [2.05, 4.69) is 75.2 Å². The summed E-state index contributed by atoms with van der Waals surface area (Å²) in [6, 6.07) is 7.23. The number of hydrogen-bond donors (Lipinski definition) is 1. The molecule has 42 heavy (non-hydrogen) atoms. The van der Waals surface area contributed by atoms with Gasteiger partial charge in [-0.1, -0.05) is 57.7 Å². The average molecular weight is 609 g/mol. The highest BCUT2D eigenvalue weighted by Gasteiger charge is 2.25. The van der Waals surface area contributed by atoms with Crippen molar-refractivity contribution in [3.05, 3.63) is 46.0 Å². The van der Waals surface area contributed by atoms with Gasteiger partial charge in [0.15, 0.2) is 5.82 Å². The number of rotatable bonds is 12. The van der Waals surface area contributed by atoms with E-state index in [9.17, 15) is 0 Å². The second kappa shape index (κ2) is 13.0. The molecular formula is C31H48N8OSSi. The van der Waals surface area contributed by atoms with E-state index in [1.165, 1.54) is 36.3 Å². The molecule has 9 nitrogen and oxygen atoms in total. The molecule has 1 aliphatic heterocycles. The van der Waals surface area contributed by atoms with Crippen LogP contribution in [0.4, 0.5) is 5.82 Å². The lowest BCUT2D eigenvalue weighted by Gasteiger charge is -2.32. The van der Waals surface area contributed by atoms with Gasteiger partial charge in [-0.15, -0.1) is 0 Å². The SMILES string of the molecule is CN(C)CC(C)(C)CN1C=C(c2cnc3ccc(N=c4sc(C5CCCC5)nn4COCC[Si](C)(C)C)nc3c2)CN1. The number of pyridine rings is 2. The molecule has 0 spiro atoms. The van der Waals surface area contributed by atoms with E-state index in [-0.39, 0.29) is 5.41 Å². The number of aromatic nitrogens is 4. The van der Waals surface area contributed by atoms with Gasteiger partial charge in [0.2, 0.25) is 4.80 Å². The highest BCUT2D eigenvalue weighted by molar-refractivity contribution is 7.08. The number of nitrogens with one attached hydrogen (secondary N) is 1. The first-order valence-electron chi connectivity index (χ1n) is 15.3. The van der Waals surface area contributed by atoms with Crippen LogP contribution < -0.4 is 10.2 Å². The van der Waals surface area contributed by atoms with Crippen molar-refractivity contribution in [1.82, 2.24) is 35.1 Å². The van der Waals surface area contributed by atoms with E-state index in [1.807, 2.05) is 23.0 Å². The van der Waals surface area contributed by atoms with Gasteiger partial charge in [0.25, 0.3) is 0 Å². The highest BCUT2D eigenvalue weighted by Crippen LogP contribution is 2.34. The van der Waals surface area contributed by atoms with Crippen LogP contribution in [0, 0.1) is 5.41 Å². The predicted octanol–water partition coefficient (Wildman–Crippen LogP) is 5.84. The topological polar surface area (TPSA) is 83.7 Å². The predicted molar refractivity (Wildman–Crippen MR) is 175 cm³/mol. The molecule has 4 heterocycles. The molecule has 0 amide bonds. The van der Waals surface area contributed by atoms with Crippen LogP contribution >= 0.6 is 11.3 Å². The third-order valence-electron chi connectivity index (χ3n) is 7.78. The van der Waals surface area contributed by atoms with Gasteiger partial charge >= 0.3 is 0 Å². The highest BCUT2D eigenvalue weighted by atomic mass is 32.1. The molecule has 1 aliphatic carbocycles. The van der Waals surface area contributed by atoms with E-state index in [4.69, 9.17) is 24.8 Å². The van der Waals surface area contributed by atoms with E-state index in [1.54, 1.807) is 11.3 Å². The van der Waals surface area contributed by atoms with Crippen LogP contribution in [0.3, 0.4) is 0 Å². The Labute approximate surface area is 255 Å². The first-order chi connectivity index (χ1) is 19.9. The maximum absolute atomic E-state index is 6.08. The third-order valence-corrected chi connectivity index (χ3v) is 10.6. The Bertz CT molecular complexity index is 1470. The summed E-state index contributed by atoms with van der Waals surface area (Å²) in [5.41, 5.74) is 7.70. The van der Waals surface area contributed by atoms with E-state index < -0.39 is 8.07 Å². The minimum Gasteiger partial charge on any atom is -0.359 e. The molecule has 11 heteroatoms. The van der Waals surface area contributed by atoms with Crippen molar-refractivity contribution in [2.75, 3.05) is 40.3 Å². The molecule has 0 atom stereocenters. The Morgan fingerprint density at radius 1 is 1.17 bits per heavy atom. The van der Waals surface area contributed by atoms with Crippen LogP contribution in [0.5, 0.6) is 0 Å². The Morgan fingerprint density at radius 3 is 2.69 bits per heavy atom. The fourth-order valence-electron chi connectivity index (χ4n) is 5.80. The standard InChI is InChI=1S/C31H48N8OSSi/c1-31(2,20-37(3)4)21-38-19-25(18-33-38)24-16-27-26(32-17-24)12-13-28(34-27)35-30-39(22-40-14-15-42(5,6)7)36-29(41-30)23-10-8-9-11-23/h12-13,16-17,19,23,33H,8-11,14-15,18,20-22H2,1-7H3. The molecule has 5 rings (SSSR count). The molecule has 1 N–H and O–H groups in total. The average Bonchev–Trinajstić information content (AvgIpc) is 3.66. The lowest BCUT2D eigenvalue weighted by molar-refractivity contribution is 0.0757.